The maximum Gasteiger partial charge on any atom is 0.137 e. The summed E-state index contributed by atoms with van der Waals surface area (Å²) in [6.07, 6.45) is 7.77. The van der Waals surface area contributed by atoms with Gasteiger partial charge in [-0.25, -0.2) is 9.97 Å². The molecule has 0 saturated carbocycles. The Labute approximate surface area is 135 Å². The number of imidazole rings is 2. The lowest BCUT2D eigenvalue weighted by Crippen LogP contribution is -2.02. The average molecular weight is 302 g/mol. The van der Waals surface area contributed by atoms with Gasteiger partial charge in [-0.05, 0) is 25.5 Å². The molecule has 0 saturated heterocycles. The summed E-state index contributed by atoms with van der Waals surface area (Å²) in [5.41, 5.74) is 6.80. The van der Waals surface area contributed by atoms with Crippen LogP contribution in [0.4, 0.5) is 0 Å². The van der Waals surface area contributed by atoms with E-state index in [2.05, 4.69) is 70.4 Å². The quantitative estimate of drug-likeness (QED) is 0.576. The molecule has 0 amide bonds. The molecule has 0 aliphatic carbocycles. The van der Waals surface area contributed by atoms with Gasteiger partial charge in [-0.2, -0.15) is 0 Å². The Hall–Kier alpha value is -2.88. The Morgan fingerprint density at radius 3 is 2.48 bits per heavy atom. The topological polar surface area (TPSA) is 35.1 Å². The van der Waals surface area contributed by atoms with Crippen LogP contribution in [-0.2, 0) is 6.54 Å². The maximum atomic E-state index is 4.86. The van der Waals surface area contributed by atoms with Crippen molar-refractivity contribution >= 4 is 5.65 Å². The molecule has 3 aromatic heterocycles. The van der Waals surface area contributed by atoms with Crippen LogP contribution in [0.2, 0.25) is 0 Å². The highest BCUT2D eigenvalue weighted by Gasteiger charge is 2.14. The number of aryl methyl sites for hydroxylation is 2. The lowest BCUT2D eigenvalue weighted by Gasteiger charge is -2.07. The summed E-state index contributed by atoms with van der Waals surface area (Å²) in [4.78, 5) is 9.01. The Balaban J connectivity index is 1.93. The van der Waals surface area contributed by atoms with Crippen molar-refractivity contribution in [2.45, 2.75) is 20.4 Å². The first-order chi connectivity index (χ1) is 11.2. The van der Waals surface area contributed by atoms with Crippen LogP contribution < -0.4 is 0 Å². The molecule has 4 aromatic rings. The molecule has 0 fully saturated rings. The van der Waals surface area contributed by atoms with Gasteiger partial charge in [0.25, 0.3) is 0 Å². The van der Waals surface area contributed by atoms with E-state index < -0.39 is 0 Å². The van der Waals surface area contributed by atoms with E-state index in [4.69, 9.17) is 4.98 Å². The Morgan fingerprint density at radius 1 is 0.957 bits per heavy atom. The summed E-state index contributed by atoms with van der Waals surface area (Å²) in [7, 11) is 0. The van der Waals surface area contributed by atoms with Crippen LogP contribution in [0.25, 0.3) is 16.9 Å². The summed E-state index contributed by atoms with van der Waals surface area (Å²) in [5, 5.41) is 0. The van der Waals surface area contributed by atoms with Crippen LogP contribution in [0.3, 0.4) is 0 Å². The number of hydrogen-bond donors (Lipinski definition) is 0. The molecule has 0 aliphatic rings. The van der Waals surface area contributed by atoms with Gasteiger partial charge in [0, 0.05) is 24.2 Å². The second-order valence-electron chi connectivity index (χ2n) is 5.94. The van der Waals surface area contributed by atoms with E-state index in [1.54, 1.807) is 6.20 Å². The third-order valence-electron chi connectivity index (χ3n) is 4.08. The molecule has 0 radical (unpaired) electrons. The molecule has 0 atom stereocenters. The van der Waals surface area contributed by atoms with E-state index >= 15 is 0 Å². The van der Waals surface area contributed by atoms with Crippen molar-refractivity contribution in [1.29, 1.82) is 0 Å². The fourth-order valence-corrected chi connectivity index (χ4v) is 2.85. The number of hydrogen-bond acceptors (Lipinski definition) is 2. The molecule has 3 heterocycles. The van der Waals surface area contributed by atoms with Crippen molar-refractivity contribution in [1.82, 2.24) is 18.9 Å². The van der Waals surface area contributed by atoms with E-state index in [1.165, 1.54) is 16.8 Å². The molecule has 23 heavy (non-hydrogen) atoms. The van der Waals surface area contributed by atoms with Gasteiger partial charge in [0.2, 0.25) is 0 Å². The molecular weight excluding hydrogens is 284 g/mol. The first kappa shape index (κ1) is 13.8. The number of pyridine rings is 1. The maximum absolute atomic E-state index is 4.86. The largest absolute Gasteiger partial charge is 0.331 e. The molecule has 0 spiro atoms. The normalized spacial score (nSPS) is 11.2. The Morgan fingerprint density at radius 2 is 1.74 bits per heavy atom. The molecule has 4 nitrogen and oxygen atoms in total. The van der Waals surface area contributed by atoms with Gasteiger partial charge in [-0.3, -0.25) is 0 Å². The summed E-state index contributed by atoms with van der Waals surface area (Å²) >= 11 is 0. The average Bonchev–Trinajstić information content (AvgIpc) is 3.17. The molecular formula is C19H18N4. The highest BCUT2D eigenvalue weighted by atomic mass is 15.1. The molecule has 4 heteroatoms. The molecule has 0 aliphatic heterocycles. The van der Waals surface area contributed by atoms with Crippen molar-refractivity contribution < 1.29 is 0 Å². The predicted octanol–water partition coefficient (Wildman–Crippen LogP) is 3.86. The zero-order chi connectivity index (χ0) is 15.8. The monoisotopic (exact) mass is 302 g/mol. The van der Waals surface area contributed by atoms with E-state index in [-0.39, 0.29) is 0 Å². The summed E-state index contributed by atoms with van der Waals surface area (Å²) < 4.78 is 4.26. The van der Waals surface area contributed by atoms with Gasteiger partial charge in [-0.1, -0.05) is 35.9 Å². The van der Waals surface area contributed by atoms with Crippen molar-refractivity contribution in [2.24, 2.45) is 0 Å². The number of benzene rings is 1. The van der Waals surface area contributed by atoms with E-state index in [0.717, 1.165) is 23.4 Å². The fourth-order valence-electron chi connectivity index (χ4n) is 2.85. The zero-order valence-corrected chi connectivity index (χ0v) is 13.3. The standard InChI is InChI=1S/C19H18N4/c1-14-3-6-16(7-4-14)19-17(12-22-10-9-20-13-22)23-11-15(2)5-8-18(23)21-19/h3-11,13H,12H2,1-2H3. The van der Waals surface area contributed by atoms with Gasteiger partial charge in [0.15, 0.2) is 0 Å². The Bertz CT molecular complexity index is 947. The number of fused-ring (bicyclic) bond motifs is 1. The van der Waals surface area contributed by atoms with Gasteiger partial charge in [0.1, 0.15) is 5.65 Å². The predicted molar refractivity (Wildman–Crippen MR) is 91.4 cm³/mol. The lowest BCUT2D eigenvalue weighted by atomic mass is 10.1. The molecule has 4 rings (SSSR count). The minimum absolute atomic E-state index is 0.744. The minimum Gasteiger partial charge on any atom is -0.331 e. The molecule has 114 valence electrons. The van der Waals surface area contributed by atoms with Gasteiger partial charge in [-0.15, -0.1) is 0 Å². The van der Waals surface area contributed by atoms with Crippen LogP contribution >= 0.6 is 0 Å². The summed E-state index contributed by atoms with van der Waals surface area (Å²) in [5.74, 6) is 0. The summed E-state index contributed by atoms with van der Waals surface area (Å²) in [6, 6.07) is 12.7. The van der Waals surface area contributed by atoms with Crippen molar-refractivity contribution in [2.75, 3.05) is 0 Å². The molecule has 0 N–H and O–H groups in total. The first-order valence-corrected chi connectivity index (χ1v) is 7.71. The van der Waals surface area contributed by atoms with Crippen LogP contribution in [0, 0.1) is 13.8 Å². The van der Waals surface area contributed by atoms with Crippen LogP contribution in [-0.4, -0.2) is 18.9 Å². The molecule has 0 unspecified atom stereocenters. The van der Waals surface area contributed by atoms with Crippen molar-refractivity contribution in [3.63, 3.8) is 0 Å². The minimum atomic E-state index is 0.744. The first-order valence-electron chi connectivity index (χ1n) is 7.71. The van der Waals surface area contributed by atoms with Crippen LogP contribution in [0.15, 0.2) is 61.3 Å². The van der Waals surface area contributed by atoms with E-state index in [1.807, 2.05) is 12.5 Å². The Kier molecular flexibility index (Phi) is 3.23. The number of aromatic nitrogens is 4. The fraction of sp³-hybridized carbons (Fsp3) is 0.158. The SMILES string of the molecule is Cc1ccc(-c2nc3ccc(C)cn3c2Cn2ccnc2)cc1. The second kappa shape index (κ2) is 5.39. The van der Waals surface area contributed by atoms with Crippen molar-refractivity contribution in [3.05, 3.63) is 78.1 Å². The second-order valence-corrected chi connectivity index (χ2v) is 5.94. The van der Waals surface area contributed by atoms with Gasteiger partial charge < -0.3 is 8.97 Å². The zero-order valence-electron chi connectivity index (χ0n) is 13.3. The van der Waals surface area contributed by atoms with E-state index in [9.17, 15) is 0 Å². The third kappa shape index (κ3) is 2.52. The third-order valence-corrected chi connectivity index (χ3v) is 4.08. The van der Waals surface area contributed by atoms with Gasteiger partial charge in [0.05, 0.1) is 24.3 Å². The molecule has 0 bridgehead atoms. The molecule has 1 aromatic carbocycles. The van der Waals surface area contributed by atoms with Crippen LogP contribution in [0.5, 0.6) is 0 Å². The van der Waals surface area contributed by atoms with Gasteiger partial charge >= 0.3 is 0 Å². The van der Waals surface area contributed by atoms with Crippen molar-refractivity contribution in [3.8, 4) is 11.3 Å². The number of rotatable bonds is 3. The lowest BCUT2D eigenvalue weighted by molar-refractivity contribution is 0.766. The highest BCUT2D eigenvalue weighted by molar-refractivity contribution is 5.67. The van der Waals surface area contributed by atoms with Crippen LogP contribution in [0.1, 0.15) is 16.8 Å². The summed E-state index contributed by atoms with van der Waals surface area (Å²) in [6.45, 7) is 4.95. The highest BCUT2D eigenvalue weighted by Crippen LogP contribution is 2.26. The number of nitrogens with zero attached hydrogens (tertiary/aromatic N) is 4. The smallest absolute Gasteiger partial charge is 0.137 e. The van der Waals surface area contributed by atoms with E-state index in [0.29, 0.717) is 0 Å².